The average Bonchev–Trinajstić information content (AvgIpc) is 3.19. The molecule has 6 heteroatoms. The van der Waals surface area contributed by atoms with Gasteiger partial charge < -0.3 is 15.0 Å². The lowest BCUT2D eigenvalue weighted by Gasteiger charge is -2.11. The first kappa shape index (κ1) is 14.6. The van der Waals surface area contributed by atoms with Gasteiger partial charge in [-0.2, -0.15) is 0 Å². The molecule has 3 rings (SSSR count). The molecule has 22 heavy (non-hydrogen) atoms. The van der Waals surface area contributed by atoms with Crippen LogP contribution in [-0.4, -0.2) is 20.5 Å². The van der Waals surface area contributed by atoms with Crippen LogP contribution in [0.3, 0.4) is 0 Å². The van der Waals surface area contributed by atoms with Gasteiger partial charge in [-0.25, -0.2) is 9.97 Å². The van der Waals surface area contributed by atoms with E-state index in [1.165, 1.54) is 31.9 Å². The molecule has 2 heterocycles. The Morgan fingerprint density at radius 1 is 1.36 bits per heavy atom. The maximum absolute atomic E-state index is 12.2. The molecule has 6 nitrogen and oxygen atoms in total. The van der Waals surface area contributed by atoms with Crippen molar-refractivity contribution in [3.63, 3.8) is 0 Å². The SMILES string of the molecule is CC(C(=O)Oc1ccc(N)nc1)c1cn(C2CCCC2)cn1. The largest absolute Gasteiger partial charge is 0.424 e. The fraction of sp³-hybridized carbons (Fsp3) is 0.438. The topological polar surface area (TPSA) is 83.0 Å². The standard InChI is InChI=1S/C16H20N4O2/c1-11(16(21)22-13-6-7-15(17)18-8-13)14-9-20(10-19-14)12-4-2-3-5-12/h6-12H,2-5H2,1H3,(H2,17,18). The number of hydrogen-bond donors (Lipinski definition) is 1. The van der Waals surface area contributed by atoms with Crippen LogP contribution >= 0.6 is 0 Å². The summed E-state index contributed by atoms with van der Waals surface area (Å²) in [5.74, 6) is 0.0212. The Bertz CT molecular complexity index is 644. The lowest BCUT2D eigenvalue weighted by Crippen LogP contribution is -2.16. The fourth-order valence-corrected chi connectivity index (χ4v) is 2.76. The molecule has 0 aromatic carbocycles. The average molecular weight is 300 g/mol. The van der Waals surface area contributed by atoms with Crippen LogP contribution in [-0.2, 0) is 4.79 Å². The van der Waals surface area contributed by atoms with Gasteiger partial charge in [-0.05, 0) is 31.9 Å². The molecule has 2 aromatic rings. The molecule has 1 aliphatic rings. The molecule has 1 aliphatic carbocycles. The highest BCUT2D eigenvalue weighted by molar-refractivity contribution is 5.79. The number of carbonyl (C=O) groups excluding carboxylic acids is 1. The first-order valence-electron chi connectivity index (χ1n) is 7.60. The van der Waals surface area contributed by atoms with Crippen LogP contribution in [0.15, 0.2) is 30.9 Å². The van der Waals surface area contributed by atoms with Crippen LogP contribution in [0.1, 0.15) is 50.3 Å². The van der Waals surface area contributed by atoms with Gasteiger partial charge in [0, 0.05) is 12.2 Å². The minimum Gasteiger partial charge on any atom is -0.424 e. The third-order valence-electron chi connectivity index (χ3n) is 4.14. The summed E-state index contributed by atoms with van der Waals surface area (Å²) in [6, 6.07) is 3.75. The predicted octanol–water partition coefficient (Wildman–Crippen LogP) is 2.68. The number of pyridine rings is 1. The smallest absolute Gasteiger partial charge is 0.320 e. The summed E-state index contributed by atoms with van der Waals surface area (Å²) in [7, 11) is 0. The number of hydrogen-bond acceptors (Lipinski definition) is 5. The third kappa shape index (κ3) is 3.10. The number of ether oxygens (including phenoxy) is 1. The summed E-state index contributed by atoms with van der Waals surface area (Å²) in [5.41, 5.74) is 6.24. The summed E-state index contributed by atoms with van der Waals surface area (Å²) in [6.07, 6.45) is 10.1. The van der Waals surface area contributed by atoms with Crippen LogP contribution in [0.4, 0.5) is 5.82 Å². The minimum absolute atomic E-state index is 0.344. The van der Waals surface area contributed by atoms with Crippen molar-refractivity contribution in [1.29, 1.82) is 0 Å². The van der Waals surface area contributed by atoms with Crippen molar-refractivity contribution in [2.45, 2.75) is 44.6 Å². The van der Waals surface area contributed by atoms with E-state index in [0.29, 0.717) is 17.6 Å². The molecule has 1 atom stereocenters. The lowest BCUT2D eigenvalue weighted by atomic mass is 10.1. The Kier molecular flexibility index (Phi) is 4.09. The molecule has 1 saturated carbocycles. The monoisotopic (exact) mass is 300 g/mol. The van der Waals surface area contributed by atoms with Crippen LogP contribution in [0.25, 0.3) is 0 Å². The van der Waals surface area contributed by atoms with Crippen LogP contribution < -0.4 is 10.5 Å². The van der Waals surface area contributed by atoms with Gasteiger partial charge in [-0.1, -0.05) is 12.8 Å². The van der Waals surface area contributed by atoms with Gasteiger partial charge in [0.15, 0.2) is 0 Å². The van der Waals surface area contributed by atoms with Gasteiger partial charge in [0.2, 0.25) is 0 Å². The fourth-order valence-electron chi connectivity index (χ4n) is 2.76. The molecule has 0 saturated heterocycles. The summed E-state index contributed by atoms with van der Waals surface area (Å²) >= 11 is 0. The van der Waals surface area contributed by atoms with Crippen molar-refractivity contribution in [2.75, 3.05) is 5.73 Å². The van der Waals surface area contributed by atoms with E-state index in [9.17, 15) is 4.79 Å². The number of nitrogens with zero attached hydrogens (tertiary/aromatic N) is 3. The van der Waals surface area contributed by atoms with E-state index < -0.39 is 5.92 Å². The maximum Gasteiger partial charge on any atom is 0.320 e. The molecule has 116 valence electrons. The van der Waals surface area contributed by atoms with Crippen molar-refractivity contribution < 1.29 is 9.53 Å². The second-order valence-electron chi connectivity index (χ2n) is 5.75. The Balaban J connectivity index is 1.66. The van der Waals surface area contributed by atoms with Crippen molar-refractivity contribution >= 4 is 11.8 Å². The number of nitrogen functional groups attached to an aromatic ring is 1. The number of carbonyl (C=O) groups is 1. The highest BCUT2D eigenvalue weighted by atomic mass is 16.5. The third-order valence-corrected chi connectivity index (χ3v) is 4.14. The first-order valence-corrected chi connectivity index (χ1v) is 7.60. The molecule has 2 aromatic heterocycles. The molecule has 0 bridgehead atoms. The van der Waals surface area contributed by atoms with E-state index in [2.05, 4.69) is 14.5 Å². The molecular weight excluding hydrogens is 280 g/mol. The van der Waals surface area contributed by atoms with E-state index in [1.54, 1.807) is 19.1 Å². The number of anilines is 1. The predicted molar refractivity (Wildman–Crippen MR) is 82.4 cm³/mol. The molecule has 1 fully saturated rings. The van der Waals surface area contributed by atoms with Crippen molar-refractivity contribution in [1.82, 2.24) is 14.5 Å². The second-order valence-corrected chi connectivity index (χ2v) is 5.75. The molecule has 1 unspecified atom stereocenters. The normalized spacial score (nSPS) is 16.6. The number of aromatic nitrogens is 3. The Labute approximate surface area is 129 Å². The Hall–Kier alpha value is -2.37. The zero-order valence-electron chi connectivity index (χ0n) is 12.6. The van der Waals surface area contributed by atoms with Gasteiger partial charge >= 0.3 is 5.97 Å². The van der Waals surface area contributed by atoms with E-state index in [-0.39, 0.29) is 5.97 Å². The van der Waals surface area contributed by atoms with Gasteiger partial charge in [0.1, 0.15) is 11.6 Å². The summed E-state index contributed by atoms with van der Waals surface area (Å²) < 4.78 is 7.44. The summed E-state index contributed by atoms with van der Waals surface area (Å²) in [4.78, 5) is 20.5. The van der Waals surface area contributed by atoms with E-state index in [1.807, 2.05) is 12.5 Å². The molecule has 2 N–H and O–H groups in total. The Morgan fingerprint density at radius 3 is 2.82 bits per heavy atom. The first-order chi connectivity index (χ1) is 10.6. The molecule has 0 radical (unpaired) electrons. The van der Waals surface area contributed by atoms with Crippen molar-refractivity contribution in [3.8, 4) is 5.75 Å². The molecule has 0 amide bonds. The van der Waals surface area contributed by atoms with E-state index in [4.69, 9.17) is 10.5 Å². The second kappa shape index (κ2) is 6.17. The highest BCUT2D eigenvalue weighted by Crippen LogP contribution is 2.30. The zero-order valence-corrected chi connectivity index (χ0v) is 12.6. The molecular formula is C16H20N4O2. The van der Waals surface area contributed by atoms with Crippen LogP contribution in [0, 0.1) is 0 Å². The Morgan fingerprint density at radius 2 is 2.14 bits per heavy atom. The van der Waals surface area contributed by atoms with E-state index >= 15 is 0 Å². The van der Waals surface area contributed by atoms with E-state index in [0.717, 1.165) is 5.69 Å². The number of esters is 1. The van der Waals surface area contributed by atoms with Crippen molar-refractivity contribution in [2.24, 2.45) is 0 Å². The van der Waals surface area contributed by atoms with Crippen LogP contribution in [0.5, 0.6) is 5.75 Å². The van der Waals surface area contributed by atoms with Crippen molar-refractivity contribution in [3.05, 3.63) is 36.5 Å². The summed E-state index contributed by atoms with van der Waals surface area (Å²) in [6.45, 7) is 1.80. The highest BCUT2D eigenvalue weighted by Gasteiger charge is 2.23. The zero-order chi connectivity index (χ0) is 15.5. The maximum atomic E-state index is 12.2. The van der Waals surface area contributed by atoms with Crippen LogP contribution in [0.2, 0.25) is 0 Å². The van der Waals surface area contributed by atoms with Gasteiger partial charge in [-0.15, -0.1) is 0 Å². The lowest BCUT2D eigenvalue weighted by molar-refractivity contribution is -0.135. The minimum atomic E-state index is -0.416. The number of imidazole rings is 1. The van der Waals surface area contributed by atoms with Gasteiger partial charge in [0.25, 0.3) is 0 Å². The summed E-state index contributed by atoms with van der Waals surface area (Å²) in [5, 5.41) is 0. The quantitative estimate of drug-likeness (QED) is 0.878. The number of nitrogens with two attached hydrogens (primary N) is 1. The molecule has 0 spiro atoms. The van der Waals surface area contributed by atoms with Gasteiger partial charge in [0.05, 0.1) is 24.1 Å². The molecule has 0 aliphatic heterocycles. The van der Waals surface area contributed by atoms with Gasteiger partial charge in [-0.3, -0.25) is 4.79 Å². The number of rotatable bonds is 4.